The second kappa shape index (κ2) is 5.57. The standard InChI is InChI=1S/C15H10ClFN6O/c16-10-5-19-22(7-10)9-21-8-18-14-13(15(21)24)6-20-23(14)12-3-1-11(17)2-4-12/h1-8H,9H2. The van der Waals surface area contributed by atoms with E-state index in [2.05, 4.69) is 15.2 Å². The Labute approximate surface area is 139 Å². The lowest BCUT2D eigenvalue weighted by Crippen LogP contribution is -2.24. The minimum Gasteiger partial charge on any atom is -0.278 e. The first-order chi connectivity index (χ1) is 11.6. The molecule has 0 atom stereocenters. The lowest BCUT2D eigenvalue weighted by molar-refractivity contribution is 0.531. The van der Waals surface area contributed by atoms with Gasteiger partial charge in [0.25, 0.3) is 5.56 Å². The number of nitrogens with zero attached hydrogens (tertiary/aromatic N) is 6. The molecule has 0 saturated heterocycles. The molecule has 1 aromatic carbocycles. The van der Waals surface area contributed by atoms with Gasteiger partial charge in [-0.3, -0.25) is 14.0 Å². The van der Waals surface area contributed by atoms with Gasteiger partial charge < -0.3 is 0 Å². The Balaban J connectivity index is 1.78. The summed E-state index contributed by atoms with van der Waals surface area (Å²) >= 11 is 5.82. The molecule has 7 nitrogen and oxygen atoms in total. The molecule has 0 spiro atoms. The molecule has 24 heavy (non-hydrogen) atoms. The number of hydrogen-bond acceptors (Lipinski definition) is 4. The van der Waals surface area contributed by atoms with E-state index in [1.807, 2.05) is 0 Å². The van der Waals surface area contributed by atoms with E-state index >= 15 is 0 Å². The third-order valence-electron chi connectivity index (χ3n) is 3.52. The summed E-state index contributed by atoms with van der Waals surface area (Å²) in [6.45, 7) is 0.191. The average Bonchev–Trinajstić information content (AvgIpc) is 3.18. The van der Waals surface area contributed by atoms with Gasteiger partial charge in [0, 0.05) is 6.20 Å². The van der Waals surface area contributed by atoms with E-state index in [9.17, 15) is 9.18 Å². The van der Waals surface area contributed by atoms with Crippen LogP contribution in [0.15, 0.2) is 54.0 Å². The summed E-state index contributed by atoms with van der Waals surface area (Å²) in [7, 11) is 0. The Hall–Kier alpha value is -3.00. The van der Waals surface area contributed by atoms with Crippen LogP contribution in [0.25, 0.3) is 16.7 Å². The highest BCUT2D eigenvalue weighted by Crippen LogP contribution is 2.14. The minimum absolute atomic E-state index is 0.191. The normalized spacial score (nSPS) is 11.2. The van der Waals surface area contributed by atoms with Gasteiger partial charge in [0.15, 0.2) is 5.65 Å². The monoisotopic (exact) mass is 344 g/mol. The van der Waals surface area contributed by atoms with Crippen molar-refractivity contribution < 1.29 is 4.39 Å². The topological polar surface area (TPSA) is 70.5 Å². The SMILES string of the molecule is O=c1c2cnn(-c3ccc(F)cc3)c2ncn1Cn1cc(Cl)cn1. The Morgan fingerprint density at radius 1 is 1.12 bits per heavy atom. The van der Waals surface area contributed by atoms with Gasteiger partial charge in [0.05, 0.1) is 23.1 Å². The van der Waals surface area contributed by atoms with Crippen LogP contribution >= 0.6 is 11.6 Å². The van der Waals surface area contributed by atoms with Crippen molar-refractivity contribution in [2.75, 3.05) is 0 Å². The summed E-state index contributed by atoms with van der Waals surface area (Å²) in [5.41, 5.74) is 0.774. The number of fused-ring (bicyclic) bond motifs is 1. The largest absolute Gasteiger partial charge is 0.278 e. The molecule has 0 amide bonds. The van der Waals surface area contributed by atoms with E-state index in [4.69, 9.17) is 11.6 Å². The van der Waals surface area contributed by atoms with Gasteiger partial charge >= 0.3 is 0 Å². The van der Waals surface area contributed by atoms with Crippen LogP contribution < -0.4 is 5.56 Å². The van der Waals surface area contributed by atoms with Crippen molar-refractivity contribution in [2.45, 2.75) is 6.67 Å². The van der Waals surface area contributed by atoms with Gasteiger partial charge in [-0.1, -0.05) is 11.6 Å². The van der Waals surface area contributed by atoms with Crippen molar-refractivity contribution >= 4 is 22.6 Å². The van der Waals surface area contributed by atoms with Gasteiger partial charge in [-0.05, 0) is 24.3 Å². The zero-order valence-corrected chi connectivity index (χ0v) is 12.9. The van der Waals surface area contributed by atoms with E-state index in [0.717, 1.165) is 0 Å². The van der Waals surface area contributed by atoms with Crippen molar-refractivity contribution in [1.82, 2.24) is 29.1 Å². The molecular formula is C15H10ClFN6O. The van der Waals surface area contributed by atoms with Crippen LogP contribution in [-0.4, -0.2) is 29.1 Å². The quantitative estimate of drug-likeness (QED) is 0.570. The van der Waals surface area contributed by atoms with Crippen LogP contribution in [-0.2, 0) is 6.67 Å². The predicted molar refractivity (Wildman–Crippen MR) is 85.7 cm³/mol. The van der Waals surface area contributed by atoms with Crippen molar-refractivity contribution in [3.8, 4) is 5.69 Å². The van der Waals surface area contributed by atoms with Crippen LogP contribution in [0, 0.1) is 5.82 Å². The maximum atomic E-state index is 13.1. The van der Waals surface area contributed by atoms with E-state index in [1.54, 1.807) is 18.3 Å². The summed E-state index contributed by atoms with van der Waals surface area (Å²) in [6, 6.07) is 5.79. The van der Waals surface area contributed by atoms with Crippen molar-refractivity contribution in [1.29, 1.82) is 0 Å². The molecule has 4 rings (SSSR count). The van der Waals surface area contributed by atoms with Gasteiger partial charge in [-0.25, -0.2) is 14.1 Å². The van der Waals surface area contributed by atoms with E-state index in [0.29, 0.717) is 21.7 Å². The highest BCUT2D eigenvalue weighted by molar-refractivity contribution is 6.30. The summed E-state index contributed by atoms with van der Waals surface area (Å²) in [5.74, 6) is -0.344. The molecule has 3 heterocycles. The molecule has 0 saturated carbocycles. The number of aromatic nitrogens is 6. The first-order valence-electron chi connectivity index (χ1n) is 6.99. The van der Waals surface area contributed by atoms with E-state index in [1.165, 1.54) is 44.8 Å². The Morgan fingerprint density at radius 2 is 1.92 bits per heavy atom. The maximum absolute atomic E-state index is 13.1. The van der Waals surface area contributed by atoms with Crippen molar-refractivity contribution in [2.24, 2.45) is 0 Å². The third kappa shape index (κ3) is 2.46. The van der Waals surface area contributed by atoms with Gasteiger partial charge in [-0.2, -0.15) is 10.2 Å². The molecule has 0 unspecified atom stereocenters. The highest BCUT2D eigenvalue weighted by Gasteiger charge is 2.12. The van der Waals surface area contributed by atoms with Crippen LogP contribution in [0.5, 0.6) is 0 Å². The highest BCUT2D eigenvalue weighted by atomic mass is 35.5. The van der Waals surface area contributed by atoms with Crippen LogP contribution in [0.3, 0.4) is 0 Å². The second-order valence-electron chi connectivity index (χ2n) is 5.13. The second-order valence-corrected chi connectivity index (χ2v) is 5.57. The first kappa shape index (κ1) is 14.6. The maximum Gasteiger partial charge on any atom is 0.266 e. The van der Waals surface area contributed by atoms with Crippen molar-refractivity contribution in [3.63, 3.8) is 0 Å². The summed E-state index contributed by atoms with van der Waals surface area (Å²) in [4.78, 5) is 16.9. The number of rotatable bonds is 3. The van der Waals surface area contributed by atoms with Crippen LogP contribution in [0.1, 0.15) is 0 Å². The van der Waals surface area contributed by atoms with Crippen LogP contribution in [0.4, 0.5) is 4.39 Å². The number of benzene rings is 1. The van der Waals surface area contributed by atoms with E-state index < -0.39 is 0 Å². The van der Waals surface area contributed by atoms with Crippen molar-refractivity contribution in [3.05, 3.63) is 70.4 Å². The number of hydrogen-bond donors (Lipinski definition) is 0. The Morgan fingerprint density at radius 3 is 2.62 bits per heavy atom. The first-order valence-corrected chi connectivity index (χ1v) is 7.37. The Bertz CT molecular complexity index is 1080. The molecule has 120 valence electrons. The summed E-state index contributed by atoms with van der Waals surface area (Å²) in [6.07, 6.45) is 5.97. The molecule has 0 fully saturated rings. The molecule has 0 aliphatic rings. The predicted octanol–water partition coefficient (Wildman–Crippen LogP) is 2.08. The lowest BCUT2D eigenvalue weighted by atomic mass is 10.3. The molecule has 4 aromatic rings. The summed E-state index contributed by atoms with van der Waals surface area (Å²) in [5, 5.41) is 9.07. The van der Waals surface area contributed by atoms with Gasteiger partial charge in [0.1, 0.15) is 24.2 Å². The molecule has 0 N–H and O–H groups in total. The van der Waals surface area contributed by atoms with E-state index in [-0.39, 0.29) is 18.0 Å². The zero-order valence-electron chi connectivity index (χ0n) is 12.2. The smallest absolute Gasteiger partial charge is 0.266 e. The average molecular weight is 345 g/mol. The minimum atomic E-state index is -0.344. The third-order valence-corrected chi connectivity index (χ3v) is 3.72. The number of halogens is 2. The fourth-order valence-electron chi connectivity index (χ4n) is 2.39. The molecule has 0 aliphatic carbocycles. The molecular weight excluding hydrogens is 335 g/mol. The molecule has 3 aromatic heterocycles. The van der Waals surface area contributed by atoms with Gasteiger partial charge in [-0.15, -0.1) is 0 Å². The fraction of sp³-hybridized carbons (Fsp3) is 0.0667. The summed E-state index contributed by atoms with van der Waals surface area (Å²) < 4.78 is 17.5. The lowest BCUT2D eigenvalue weighted by Gasteiger charge is -2.06. The molecule has 9 heteroatoms. The van der Waals surface area contributed by atoms with Gasteiger partial charge in [0.2, 0.25) is 0 Å². The molecule has 0 bridgehead atoms. The molecule has 0 radical (unpaired) electrons. The van der Waals surface area contributed by atoms with Crippen LogP contribution in [0.2, 0.25) is 5.02 Å². The molecule has 0 aliphatic heterocycles. The fourth-order valence-corrected chi connectivity index (χ4v) is 2.55. The zero-order chi connectivity index (χ0) is 16.7. The Kier molecular flexibility index (Phi) is 3.39.